The fraction of sp³-hybridized carbons (Fsp3) is 0.0769. The molecule has 0 fully saturated rings. The van der Waals surface area contributed by atoms with Gasteiger partial charge in [0.15, 0.2) is 0 Å². The first-order valence-corrected chi connectivity index (χ1v) is 14.6. The van der Waals surface area contributed by atoms with Gasteiger partial charge in [0.2, 0.25) is 5.43 Å². The second-order valence-electron chi connectivity index (χ2n) is 11.9. The Bertz CT molecular complexity index is 2510. The molecule has 0 aliphatic heterocycles. The molecule has 0 spiro atoms. The topological polar surface area (TPSA) is 48.0 Å². The van der Waals surface area contributed by atoms with Crippen LogP contribution in [0.1, 0.15) is 25.0 Å². The third-order valence-electron chi connectivity index (χ3n) is 9.28. The smallest absolute Gasteiger partial charge is 0.200 e. The minimum Gasteiger partial charge on any atom is -0.456 e. The van der Waals surface area contributed by atoms with E-state index in [0.29, 0.717) is 21.9 Å². The number of hydrogen-bond donors (Lipinski definition) is 0. The largest absolute Gasteiger partial charge is 0.456 e. The summed E-state index contributed by atoms with van der Waals surface area (Å²) in [5.74, 6) is 0. The van der Waals surface area contributed by atoms with E-state index >= 15 is 0 Å². The zero-order valence-electron chi connectivity index (χ0n) is 23.8. The van der Waals surface area contributed by atoms with Crippen LogP contribution in [0.2, 0.25) is 0 Å². The van der Waals surface area contributed by atoms with Gasteiger partial charge in [-0.1, -0.05) is 86.6 Å². The molecule has 5 aromatic carbocycles. The third-order valence-corrected chi connectivity index (χ3v) is 9.28. The first-order chi connectivity index (χ1) is 21.0. The fourth-order valence-corrected chi connectivity index (χ4v) is 7.34. The van der Waals surface area contributed by atoms with Crippen LogP contribution in [0.3, 0.4) is 0 Å². The van der Waals surface area contributed by atoms with E-state index in [0.717, 1.165) is 22.3 Å². The normalized spacial score (nSPS) is 13.6. The highest BCUT2D eigenvalue weighted by Gasteiger charge is 2.38. The van der Waals surface area contributed by atoms with Crippen molar-refractivity contribution < 1.29 is 4.42 Å². The molecule has 4 heteroatoms. The van der Waals surface area contributed by atoms with Crippen LogP contribution in [-0.4, -0.2) is 9.55 Å². The number of aromatic nitrogens is 2. The summed E-state index contributed by atoms with van der Waals surface area (Å²) in [6, 6.07) is 37.2. The molecular formula is C39H26N2O2. The van der Waals surface area contributed by atoms with Gasteiger partial charge in [-0.2, -0.15) is 0 Å². The van der Waals surface area contributed by atoms with Gasteiger partial charge in [0.25, 0.3) is 0 Å². The Balaban J connectivity index is 1.38. The van der Waals surface area contributed by atoms with E-state index < -0.39 is 0 Å². The molecule has 8 aromatic rings. The molecule has 43 heavy (non-hydrogen) atoms. The van der Waals surface area contributed by atoms with E-state index in [9.17, 15) is 4.79 Å². The van der Waals surface area contributed by atoms with Crippen LogP contribution in [0.15, 0.2) is 131 Å². The molecule has 3 aromatic heterocycles. The van der Waals surface area contributed by atoms with Gasteiger partial charge in [0, 0.05) is 27.9 Å². The van der Waals surface area contributed by atoms with Gasteiger partial charge in [-0.05, 0) is 64.2 Å². The average Bonchev–Trinajstić information content (AvgIpc) is 3.50. The molecule has 0 saturated carbocycles. The van der Waals surface area contributed by atoms with E-state index in [1.807, 2.05) is 48.8 Å². The maximum absolute atomic E-state index is 13.6. The molecule has 0 atom stereocenters. The van der Waals surface area contributed by atoms with Crippen molar-refractivity contribution in [2.24, 2.45) is 0 Å². The van der Waals surface area contributed by atoms with Crippen LogP contribution in [0, 0.1) is 0 Å². The van der Waals surface area contributed by atoms with Crippen LogP contribution < -0.4 is 5.43 Å². The van der Waals surface area contributed by atoms with Crippen LogP contribution in [0.25, 0.3) is 71.7 Å². The number of nitrogens with zero attached hydrogens (tertiary/aromatic N) is 2. The van der Waals surface area contributed by atoms with Crippen molar-refractivity contribution in [1.29, 1.82) is 0 Å². The summed E-state index contributed by atoms with van der Waals surface area (Å²) in [6.07, 6.45) is 3.84. The SMILES string of the molecule is CC1(C)c2ccccc2-c2ccc3c4ccncc4n(-c4ccccc4-c4ccc5oc6ccccc6c(=O)c5c4)c3c21. The summed E-state index contributed by atoms with van der Waals surface area (Å²) < 4.78 is 8.51. The summed E-state index contributed by atoms with van der Waals surface area (Å²) in [7, 11) is 0. The van der Waals surface area contributed by atoms with Crippen LogP contribution in [-0.2, 0) is 5.41 Å². The number of para-hydroxylation sites is 2. The van der Waals surface area contributed by atoms with Gasteiger partial charge in [0.1, 0.15) is 11.2 Å². The predicted octanol–water partition coefficient (Wildman–Crippen LogP) is 9.41. The Morgan fingerprint density at radius 3 is 2.35 bits per heavy atom. The summed E-state index contributed by atoms with van der Waals surface area (Å²) in [4.78, 5) is 18.1. The lowest BCUT2D eigenvalue weighted by Gasteiger charge is -2.24. The summed E-state index contributed by atoms with van der Waals surface area (Å²) >= 11 is 0. The predicted molar refractivity (Wildman–Crippen MR) is 175 cm³/mol. The van der Waals surface area contributed by atoms with Crippen molar-refractivity contribution in [2.45, 2.75) is 19.3 Å². The first-order valence-electron chi connectivity index (χ1n) is 14.6. The molecule has 4 nitrogen and oxygen atoms in total. The standard InChI is InChI=1S/C39H26N2O2/c1-39(2)31-12-6-3-10-25(31)27-16-17-28-26-19-20-40-22-33(26)41(37(28)36(27)39)32-13-7-4-9-24(32)23-15-18-35-30(21-23)38(42)29-11-5-8-14-34(29)43-35/h3-22H,1-2H3. The third kappa shape index (κ3) is 3.21. The monoisotopic (exact) mass is 554 g/mol. The average molecular weight is 555 g/mol. The van der Waals surface area contributed by atoms with E-state index in [-0.39, 0.29) is 10.8 Å². The molecule has 0 bridgehead atoms. The van der Waals surface area contributed by atoms with Gasteiger partial charge in [-0.25, -0.2) is 0 Å². The maximum Gasteiger partial charge on any atom is 0.200 e. The second kappa shape index (κ2) is 8.52. The molecule has 1 aliphatic rings. The highest BCUT2D eigenvalue weighted by atomic mass is 16.3. The van der Waals surface area contributed by atoms with Gasteiger partial charge in [0.05, 0.1) is 33.7 Å². The highest BCUT2D eigenvalue weighted by molar-refractivity contribution is 6.13. The van der Waals surface area contributed by atoms with Crippen molar-refractivity contribution in [3.05, 3.63) is 143 Å². The number of fused-ring (bicyclic) bond motifs is 9. The molecule has 0 saturated heterocycles. The Kier molecular flexibility index (Phi) is 4.79. The minimum absolute atomic E-state index is 0.0189. The van der Waals surface area contributed by atoms with Crippen molar-refractivity contribution in [3.63, 3.8) is 0 Å². The molecule has 0 N–H and O–H groups in total. The van der Waals surface area contributed by atoms with E-state index in [1.165, 1.54) is 38.5 Å². The number of hydrogen-bond acceptors (Lipinski definition) is 3. The zero-order valence-corrected chi connectivity index (χ0v) is 23.8. The number of benzene rings is 5. The van der Waals surface area contributed by atoms with Crippen LogP contribution >= 0.6 is 0 Å². The molecule has 0 radical (unpaired) electrons. The minimum atomic E-state index is -0.192. The van der Waals surface area contributed by atoms with Crippen molar-refractivity contribution >= 4 is 43.7 Å². The highest BCUT2D eigenvalue weighted by Crippen LogP contribution is 2.53. The lowest BCUT2D eigenvalue weighted by Crippen LogP contribution is -2.16. The molecule has 0 amide bonds. The second-order valence-corrected chi connectivity index (χ2v) is 11.9. The Hall–Kier alpha value is -5.48. The summed E-state index contributed by atoms with van der Waals surface area (Å²) in [5, 5.41) is 3.54. The number of pyridine rings is 1. The van der Waals surface area contributed by atoms with E-state index in [1.54, 1.807) is 0 Å². The number of rotatable bonds is 2. The molecular weight excluding hydrogens is 528 g/mol. The molecule has 0 unspecified atom stereocenters. The molecule has 1 aliphatic carbocycles. The van der Waals surface area contributed by atoms with Gasteiger partial charge >= 0.3 is 0 Å². The summed E-state index contributed by atoms with van der Waals surface area (Å²) in [6.45, 7) is 4.66. The quantitative estimate of drug-likeness (QED) is 0.200. The Morgan fingerprint density at radius 1 is 0.674 bits per heavy atom. The Morgan fingerprint density at radius 2 is 1.44 bits per heavy atom. The lowest BCUT2D eigenvalue weighted by atomic mass is 9.81. The van der Waals surface area contributed by atoms with Gasteiger partial charge in [-0.15, -0.1) is 0 Å². The fourth-order valence-electron chi connectivity index (χ4n) is 7.34. The van der Waals surface area contributed by atoms with Crippen molar-refractivity contribution in [2.75, 3.05) is 0 Å². The first kappa shape index (κ1) is 24.2. The summed E-state index contributed by atoms with van der Waals surface area (Å²) in [5.41, 5.74) is 11.5. The van der Waals surface area contributed by atoms with Crippen LogP contribution in [0.4, 0.5) is 0 Å². The lowest BCUT2D eigenvalue weighted by molar-refractivity contribution is 0.660. The zero-order chi connectivity index (χ0) is 28.9. The van der Waals surface area contributed by atoms with E-state index in [4.69, 9.17) is 4.42 Å². The Labute approximate surface area is 247 Å². The van der Waals surface area contributed by atoms with Crippen molar-refractivity contribution in [1.82, 2.24) is 9.55 Å². The molecule has 3 heterocycles. The molecule has 204 valence electrons. The van der Waals surface area contributed by atoms with E-state index in [2.05, 4.69) is 96.2 Å². The van der Waals surface area contributed by atoms with Gasteiger partial charge < -0.3 is 8.98 Å². The molecule has 9 rings (SSSR count). The van der Waals surface area contributed by atoms with Gasteiger partial charge in [-0.3, -0.25) is 9.78 Å². The van der Waals surface area contributed by atoms with Crippen molar-refractivity contribution in [3.8, 4) is 27.9 Å². The maximum atomic E-state index is 13.6. The van der Waals surface area contributed by atoms with Crippen LogP contribution in [0.5, 0.6) is 0 Å².